The Balaban J connectivity index is 1.76. The molecule has 0 saturated carbocycles. The fourth-order valence-corrected chi connectivity index (χ4v) is 3.55. The number of ketones is 1. The number of nitrogens with one attached hydrogen (secondary N) is 1. The van der Waals surface area contributed by atoms with E-state index >= 15 is 0 Å². The largest absolute Gasteiger partial charge is 0.493 e. The summed E-state index contributed by atoms with van der Waals surface area (Å²) in [4.78, 5) is 25.0. The topological polar surface area (TPSA) is 114 Å². The van der Waals surface area contributed by atoms with Crippen LogP contribution in [0.4, 0.5) is 5.13 Å². The van der Waals surface area contributed by atoms with Gasteiger partial charge in [0.15, 0.2) is 17.6 Å². The van der Waals surface area contributed by atoms with Gasteiger partial charge >= 0.3 is 0 Å². The first kappa shape index (κ1) is 23.6. The summed E-state index contributed by atoms with van der Waals surface area (Å²) in [5, 5.41) is 21.0. The number of aryl methyl sites for hydroxylation is 1. The average molecular weight is 463 g/mol. The van der Waals surface area contributed by atoms with E-state index < -0.39 is 12.0 Å². The van der Waals surface area contributed by atoms with E-state index in [4.69, 9.17) is 9.47 Å². The normalized spacial score (nSPS) is 11.9. The quantitative estimate of drug-likeness (QED) is 0.286. The van der Waals surface area contributed by atoms with Crippen molar-refractivity contribution in [3.05, 3.63) is 70.2 Å². The Labute approximate surface area is 195 Å². The maximum absolute atomic E-state index is 12.6. The molecule has 0 aliphatic heterocycles. The third-order valence-electron chi connectivity index (χ3n) is 4.58. The van der Waals surface area contributed by atoms with Crippen LogP contribution in [0.3, 0.4) is 0 Å². The monoisotopic (exact) mass is 462 g/mol. The van der Waals surface area contributed by atoms with Crippen molar-refractivity contribution in [1.82, 2.24) is 10.2 Å². The van der Waals surface area contributed by atoms with Gasteiger partial charge < -0.3 is 9.47 Å². The Morgan fingerprint density at radius 1 is 1.18 bits per heavy atom. The van der Waals surface area contributed by atoms with E-state index in [2.05, 4.69) is 15.5 Å². The van der Waals surface area contributed by atoms with E-state index in [1.165, 1.54) is 24.5 Å². The zero-order valence-corrected chi connectivity index (χ0v) is 19.2. The zero-order chi connectivity index (χ0) is 23.8. The maximum atomic E-state index is 12.6. The Kier molecular flexibility index (Phi) is 7.89. The Morgan fingerprint density at radius 3 is 2.58 bits per heavy atom. The van der Waals surface area contributed by atoms with Gasteiger partial charge in [-0.2, -0.15) is 5.26 Å². The minimum absolute atomic E-state index is 0.105. The summed E-state index contributed by atoms with van der Waals surface area (Å²) in [6, 6.07) is 15.7. The van der Waals surface area contributed by atoms with E-state index in [9.17, 15) is 14.9 Å². The van der Waals surface area contributed by atoms with Crippen molar-refractivity contribution in [2.45, 2.75) is 26.4 Å². The summed E-state index contributed by atoms with van der Waals surface area (Å²) >= 11 is 1.25. The SMILES string of the molecule is CCc1nnc(NC(=O)/C(C#N)=C/c2ccc(OC(C)C(=O)c3ccccc3)c(OC)c2)s1. The molecule has 168 valence electrons. The van der Waals surface area contributed by atoms with Crippen LogP contribution in [0.25, 0.3) is 6.08 Å². The molecule has 0 saturated heterocycles. The standard InChI is InChI=1S/C24H22N4O4S/c1-4-21-27-28-24(33-21)26-23(30)18(14-25)12-16-10-11-19(20(13-16)31-3)32-15(2)22(29)17-8-6-5-7-9-17/h5-13,15H,4H2,1-3H3,(H,26,28,30)/b18-12+. The molecule has 0 spiro atoms. The van der Waals surface area contributed by atoms with Crippen LogP contribution in [0, 0.1) is 11.3 Å². The minimum atomic E-state index is -0.733. The number of amides is 1. The molecule has 1 aromatic heterocycles. The molecule has 1 amide bonds. The van der Waals surface area contributed by atoms with Crippen molar-refractivity contribution in [1.29, 1.82) is 5.26 Å². The van der Waals surface area contributed by atoms with Crippen LogP contribution < -0.4 is 14.8 Å². The molecule has 1 N–H and O–H groups in total. The first-order chi connectivity index (χ1) is 15.9. The van der Waals surface area contributed by atoms with Crippen molar-refractivity contribution >= 4 is 34.2 Å². The smallest absolute Gasteiger partial charge is 0.268 e. The number of carbonyl (C=O) groups is 2. The maximum Gasteiger partial charge on any atom is 0.268 e. The van der Waals surface area contributed by atoms with Gasteiger partial charge in [0.1, 0.15) is 16.6 Å². The second-order valence-corrected chi connectivity index (χ2v) is 7.94. The van der Waals surface area contributed by atoms with Crippen LogP contribution in [0.2, 0.25) is 0 Å². The number of nitrogens with zero attached hydrogens (tertiary/aromatic N) is 3. The van der Waals surface area contributed by atoms with Gasteiger partial charge in [-0.1, -0.05) is 54.7 Å². The number of carbonyl (C=O) groups excluding carboxylic acids is 2. The molecule has 1 atom stereocenters. The number of methoxy groups -OCH3 is 1. The van der Waals surface area contributed by atoms with E-state index in [0.717, 1.165) is 5.01 Å². The van der Waals surface area contributed by atoms with Gasteiger partial charge in [-0.05, 0) is 37.1 Å². The van der Waals surface area contributed by atoms with Gasteiger partial charge in [0.25, 0.3) is 5.91 Å². The van der Waals surface area contributed by atoms with Crippen molar-refractivity contribution < 1.29 is 19.1 Å². The molecule has 0 aliphatic carbocycles. The lowest BCUT2D eigenvalue weighted by Gasteiger charge is -2.16. The van der Waals surface area contributed by atoms with Gasteiger partial charge in [0, 0.05) is 5.56 Å². The highest BCUT2D eigenvalue weighted by Gasteiger charge is 2.19. The molecule has 1 heterocycles. The molecule has 9 heteroatoms. The lowest BCUT2D eigenvalue weighted by molar-refractivity contribution is -0.112. The molecule has 0 fully saturated rings. The number of benzene rings is 2. The van der Waals surface area contributed by atoms with Gasteiger partial charge in [0.2, 0.25) is 10.9 Å². The lowest BCUT2D eigenvalue weighted by atomic mass is 10.1. The van der Waals surface area contributed by atoms with Gasteiger partial charge in [0.05, 0.1) is 7.11 Å². The first-order valence-electron chi connectivity index (χ1n) is 10.1. The molecule has 3 rings (SSSR count). The number of rotatable bonds is 9. The van der Waals surface area contributed by atoms with Gasteiger partial charge in [-0.25, -0.2) is 0 Å². The average Bonchev–Trinajstić information content (AvgIpc) is 3.30. The van der Waals surface area contributed by atoms with Crippen molar-refractivity contribution in [3.63, 3.8) is 0 Å². The summed E-state index contributed by atoms with van der Waals surface area (Å²) in [5.74, 6) is -0.00753. The van der Waals surface area contributed by atoms with Gasteiger partial charge in [-0.15, -0.1) is 10.2 Å². The number of hydrogen-bond acceptors (Lipinski definition) is 8. The van der Waals surface area contributed by atoms with Gasteiger partial charge in [-0.3, -0.25) is 14.9 Å². The molecule has 8 nitrogen and oxygen atoms in total. The van der Waals surface area contributed by atoms with Crippen LogP contribution >= 0.6 is 11.3 Å². The molecule has 0 bridgehead atoms. The predicted octanol–water partition coefficient (Wildman–Crippen LogP) is 4.30. The predicted molar refractivity (Wildman–Crippen MR) is 125 cm³/mol. The van der Waals surface area contributed by atoms with E-state index in [1.54, 1.807) is 49.4 Å². The highest BCUT2D eigenvalue weighted by Crippen LogP contribution is 2.30. The van der Waals surface area contributed by atoms with E-state index in [0.29, 0.717) is 34.2 Å². The zero-order valence-electron chi connectivity index (χ0n) is 18.4. The third kappa shape index (κ3) is 6.02. The van der Waals surface area contributed by atoms with Crippen LogP contribution in [-0.2, 0) is 11.2 Å². The number of hydrogen-bond donors (Lipinski definition) is 1. The first-order valence-corrected chi connectivity index (χ1v) is 11.0. The molecular formula is C24H22N4O4S. The number of Topliss-reactive ketones (excluding diaryl/α,β-unsaturated/α-hetero) is 1. The fraction of sp³-hybridized carbons (Fsp3) is 0.208. The second kappa shape index (κ2) is 11.0. The number of nitriles is 1. The summed E-state index contributed by atoms with van der Waals surface area (Å²) in [5.41, 5.74) is 1.00. The van der Waals surface area contributed by atoms with Crippen molar-refractivity contribution in [3.8, 4) is 17.6 Å². The minimum Gasteiger partial charge on any atom is -0.493 e. The number of aromatic nitrogens is 2. The second-order valence-electron chi connectivity index (χ2n) is 6.88. The number of ether oxygens (including phenoxy) is 2. The fourth-order valence-electron chi connectivity index (χ4n) is 2.88. The van der Waals surface area contributed by atoms with Crippen molar-refractivity contribution in [2.24, 2.45) is 0 Å². The Hall–Kier alpha value is -4.03. The van der Waals surface area contributed by atoms with Crippen LogP contribution in [-0.4, -0.2) is 35.1 Å². The lowest BCUT2D eigenvalue weighted by Crippen LogP contribution is -2.24. The molecule has 2 aromatic carbocycles. The summed E-state index contributed by atoms with van der Waals surface area (Å²) in [6.45, 7) is 3.60. The summed E-state index contributed by atoms with van der Waals surface area (Å²) in [7, 11) is 1.47. The molecule has 0 radical (unpaired) electrons. The third-order valence-corrected chi connectivity index (χ3v) is 5.57. The molecule has 3 aromatic rings. The van der Waals surface area contributed by atoms with E-state index in [-0.39, 0.29) is 11.4 Å². The number of anilines is 1. The van der Waals surface area contributed by atoms with Crippen LogP contribution in [0.15, 0.2) is 54.1 Å². The van der Waals surface area contributed by atoms with Crippen molar-refractivity contribution in [2.75, 3.05) is 12.4 Å². The molecule has 0 aliphatic rings. The molecule has 1 unspecified atom stereocenters. The summed E-state index contributed by atoms with van der Waals surface area (Å²) < 4.78 is 11.2. The summed E-state index contributed by atoms with van der Waals surface area (Å²) in [6.07, 6.45) is 1.41. The highest BCUT2D eigenvalue weighted by molar-refractivity contribution is 7.15. The molecular weight excluding hydrogens is 440 g/mol. The highest BCUT2D eigenvalue weighted by atomic mass is 32.1. The Morgan fingerprint density at radius 2 is 1.94 bits per heavy atom. The van der Waals surface area contributed by atoms with Crippen LogP contribution in [0.1, 0.15) is 34.8 Å². The Bertz CT molecular complexity index is 1210. The van der Waals surface area contributed by atoms with Crippen LogP contribution in [0.5, 0.6) is 11.5 Å². The van der Waals surface area contributed by atoms with E-state index in [1.807, 2.05) is 19.1 Å². The molecule has 33 heavy (non-hydrogen) atoms.